The summed E-state index contributed by atoms with van der Waals surface area (Å²) >= 11 is 0. The Balaban J connectivity index is 2.73. The van der Waals surface area contributed by atoms with E-state index in [1.165, 1.54) is 6.92 Å². The van der Waals surface area contributed by atoms with Crippen LogP contribution in [0.15, 0.2) is 12.3 Å². The van der Waals surface area contributed by atoms with Crippen LogP contribution in [0.4, 0.5) is 11.5 Å². The van der Waals surface area contributed by atoms with E-state index < -0.39 is 16.5 Å². The number of rotatable bonds is 5. The smallest absolute Gasteiger partial charge is 0.300 e. The summed E-state index contributed by atoms with van der Waals surface area (Å²) in [6, 6.07) is 1.13. The molecule has 19 heavy (non-hydrogen) atoms. The third-order valence-corrected chi connectivity index (χ3v) is 2.13. The molecule has 1 aromatic rings. The molecule has 0 spiro atoms. The van der Waals surface area contributed by atoms with Crippen molar-refractivity contribution in [2.24, 2.45) is 0 Å². The summed E-state index contributed by atoms with van der Waals surface area (Å²) in [5, 5.41) is 15.7. The second-order valence-electron chi connectivity index (χ2n) is 3.62. The normalized spacial score (nSPS) is 9.74. The molecule has 0 aliphatic heterocycles. The van der Waals surface area contributed by atoms with Crippen molar-refractivity contribution in [1.82, 2.24) is 15.6 Å². The molecular formula is C10H13N5O4. The zero-order valence-electron chi connectivity index (χ0n) is 10.2. The van der Waals surface area contributed by atoms with Crippen molar-refractivity contribution in [2.75, 3.05) is 18.8 Å². The van der Waals surface area contributed by atoms with Gasteiger partial charge in [0.25, 0.3) is 11.6 Å². The Morgan fingerprint density at radius 3 is 2.63 bits per heavy atom. The van der Waals surface area contributed by atoms with Gasteiger partial charge in [-0.3, -0.25) is 19.7 Å². The van der Waals surface area contributed by atoms with Gasteiger partial charge in [0, 0.05) is 20.0 Å². The molecule has 0 unspecified atom stereocenters. The molecule has 0 bridgehead atoms. The van der Waals surface area contributed by atoms with Crippen LogP contribution in [0.2, 0.25) is 0 Å². The van der Waals surface area contributed by atoms with Crippen LogP contribution in [0, 0.1) is 10.1 Å². The predicted molar refractivity (Wildman–Crippen MR) is 66.3 cm³/mol. The molecule has 0 aliphatic rings. The average molecular weight is 267 g/mol. The van der Waals surface area contributed by atoms with Crippen LogP contribution < -0.4 is 16.4 Å². The van der Waals surface area contributed by atoms with Crippen LogP contribution in [0.5, 0.6) is 0 Å². The highest BCUT2D eigenvalue weighted by Gasteiger charge is 2.20. The third-order valence-electron chi connectivity index (χ3n) is 2.13. The molecule has 0 saturated heterocycles. The molecule has 0 radical (unpaired) electrons. The van der Waals surface area contributed by atoms with Crippen molar-refractivity contribution in [2.45, 2.75) is 6.92 Å². The van der Waals surface area contributed by atoms with Crippen molar-refractivity contribution < 1.29 is 14.5 Å². The lowest BCUT2D eigenvalue weighted by Crippen LogP contribution is -2.34. The number of carbonyl (C=O) groups excluding carboxylic acids is 2. The number of anilines is 1. The van der Waals surface area contributed by atoms with Crippen molar-refractivity contribution >= 4 is 23.3 Å². The Bertz CT molecular complexity index is 517. The van der Waals surface area contributed by atoms with Gasteiger partial charge in [0.05, 0.1) is 4.92 Å². The van der Waals surface area contributed by atoms with E-state index >= 15 is 0 Å². The lowest BCUT2D eigenvalue weighted by Gasteiger charge is -2.06. The molecule has 9 heteroatoms. The molecule has 2 amide bonds. The summed E-state index contributed by atoms with van der Waals surface area (Å²) in [6.07, 6.45) is 0.929. The van der Waals surface area contributed by atoms with Crippen LogP contribution >= 0.6 is 0 Å². The number of nitrogens with two attached hydrogens (primary N) is 1. The SMILES string of the molecule is CC(=O)NCCNC(=O)c1cc(N)ncc1[N+](=O)[O-]. The molecule has 0 aromatic carbocycles. The van der Waals surface area contributed by atoms with E-state index in [1.807, 2.05) is 0 Å². The van der Waals surface area contributed by atoms with Gasteiger partial charge in [0.2, 0.25) is 5.91 Å². The lowest BCUT2D eigenvalue weighted by atomic mass is 10.2. The molecule has 9 nitrogen and oxygen atoms in total. The van der Waals surface area contributed by atoms with Crippen LogP contribution in [-0.4, -0.2) is 34.8 Å². The zero-order chi connectivity index (χ0) is 14.4. The minimum atomic E-state index is -0.713. The Morgan fingerprint density at radius 2 is 2.05 bits per heavy atom. The molecule has 0 aliphatic carbocycles. The highest BCUT2D eigenvalue weighted by Crippen LogP contribution is 2.18. The topological polar surface area (TPSA) is 140 Å². The van der Waals surface area contributed by atoms with Gasteiger partial charge >= 0.3 is 0 Å². The Labute approximate surface area is 108 Å². The van der Waals surface area contributed by atoms with Crippen molar-refractivity contribution in [3.8, 4) is 0 Å². The van der Waals surface area contributed by atoms with Crippen LogP contribution in [0.1, 0.15) is 17.3 Å². The number of nitrogens with zero attached hydrogens (tertiary/aromatic N) is 2. The second kappa shape index (κ2) is 6.28. The molecule has 4 N–H and O–H groups in total. The zero-order valence-corrected chi connectivity index (χ0v) is 10.2. The lowest BCUT2D eigenvalue weighted by molar-refractivity contribution is -0.385. The Morgan fingerprint density at radius 1 is 1.42 bits per heavy atom. The van der Waals surface area contributed by atoms with Crippen molar-refractivity contribution in [1.29, 1.82) is 0 Å². The van der Waals surface area contributed by atoms with Gasteiger partial charge in [-0.15, -0.1) is 0 Å². The molecule has 0 saturated carbocycles. The molecule has 0 atom stereocenters. The van der Waals surface area contributed by atoms with E-state index in [0.29, 0.717) is 0 Å². The molecule has 1 aromatic heterocycles. The fourth-order valence-corrected chi connectivity index (χ4v) is 1.30. The number of nitro groups is 1. The van der Waals surface area contributed by atoms with Gasteiger partial charge in [-0.25, -0.2) is 4.98 Å². The van der Waals surface area contributed by atoms with E-state index in [1.54, 1.807) is 0 Å². The molecule has 1 heterocycles. The van der Waals surface area contributed by atoms with Crippen LogP contribution in [0.3, 0.4) is 0 Å². The number of amides is 2. The summed E-state index contributed by atoms with van der Waals surface area (Å²) in [7, 11) is 0. The molecule has 1 rings (SSSR count). The Kier molecular flexibility index (Phi) is 4.75. The largest absolute Gasteiger partial charge is 0.384 e. The fourth-order valence-electron chi connectivity index (χ4n) is 1.30. The fraction of sp³-hybridized carbons (Fsp3) is 0.300. The quantitative estimate of drug-likeness (QED) is 0.371. The van der Waals surface area contributed by atoms with E-state index in [2.05, 4.69) is 15.6 Å². The number of nitrogens with one attached hydrogen (secondary N) is 2. The standard InChI is InChI=1S/C10H13N5O4/c1-6(16)12-2-3-13-10(17)7-4-9(11)14-5-8(7)15(18)19/h4-5H,2-3H2,1H3,(H2,11,14)(H,12,16)(H,13,17). The minimum Gasteiger partial charge on any atom is -0.384 e. The number of hydrogen-bond acceptors (Lipinski definition) is 6. The number of hydrogen-bond donors (Lipinski definition) is 3. The van der Waals surface area contributed by atoms with Gasteiger partial charge in [0.1, 0.15) is 17.6 Å². The maximum Gasteiger partial charge on any atom is 0.300 e. The van der Waals surface area contributed by atoms with E-state index in [-0.39, 0.29) is 30.4 Å². The third kappa shape index (κ3) is 4.22. The summed E-state index contributed by atoms with van der Waals surface area (Å²) < 4.78 is 0. The van der Waals surface area contributed by atoms with Crippen LogP contribution in [0.25, 0.3) is 0 Å². The summed E-state index contributed by atoms with van der Waals surface area (Å²) in [5.41, 5.74) is 4.80. The number of pyridine rings is 1. The number of carbonyl (C=O) groups is 2. The van der Waals surface area contributed by atoms with Crippen LogP contribution in [-0.2, 0) is 4.79 Å². The first kappa shape index (κ1) is 14.4. The van der Waals surface area contributed by atoms with Gasteiger partial charge in [-0.2, -0.15) is 0 Å². The van der Waals surface area contributed by atoms with E-state index in [0.717, 1.165) is 12.3 Å². The summed E-state index contributed by atoms with van der Waals surface area (Å²) in [4.78, 5) is 36.0. The predicted octanol–water partition coefficient (Wildman–Crippen LogP) is -0.562. The minimum absolute atomic E-state index is 0.0117. The van der Waals surface area contributed by atoms with Gasteiger partial charge in [-0.1, -0.05) is 0 Å². The van der Waals surface area contributed by atoms with Gasteiger partial charge in [-0.05, 0) is 6.07 Å². The van der Waals surface area contributed by atoms with Crippen molar-refractivity contribution in [3.63, 3.8) is 0 Å². The average Bonchev–Trinajstić information content (AvgIpc) is 2.33. The first-order valence-electron chi connectivity index (χ1n) is 5.34. The monoisotopic (exact) mass is 267 g/mol. The number of aromatic nitrogens is 1. The van der Waals surface area contributed by atoms with Gasteiger partial charge < -0.3 is 16.4 Å². The van der Waals surface area contributed by atoms with Gasteiger partial charge in [0.15, 0.2) is 0 Å². The van der Waals surface area contributed by atoms with Crippen molar-refractivity contribution in [3.05, 3.63) is 27.9 Å². The molecule has 0 fully saturated rings. The van der Waals surface area contributed by atoms with E-state index in [4.69, 9.17) is 5.73 Å². The van der Waals surface area contributed by atoms with E-state index in [9.17, 15) is 19.7 Å². The number of nitrogen functional groups attached to an aromatic ring is 1. The summed E-state index contributed by atoms with van der Waals surface area (Å²) in [6.45, 7) is 1.73. The molecule has 102 valence electrons. The second-order valence-corrected chi connectivity index (χ2v) is 3.62. The summed E-state index contributed by atoms with van der Waals surface area (Å²) in [5.74, 6) is -0.864. The maximum absolute atomic E-state index is 11.8. The highest BCUT2D eigenvalue weighted by atomic mass is 16.6. The highest BCUT2D eigenvalue weighted by molar-refractivity contribution is 5.98. The molecular weight excluding hydrogens is 254 g/mol. The first-order valence-corrected chi connectivity index (χ1v) is 5.34. The first-order chi connectivity index (χ1) is 8.91. The Hall–Kier alpha value is -2.71. The maximum atomic E-state index is 11.8.